The molecule has 1 aromatic rings. The fraction of sp³-hybridized carbons (Fsp3) is 0.611. The van der Waals surface area contributed by atoms with Crippen LogP contribution in [0.4, 0.5) is 10.1 Å². The van der Waals surface area contributed by atoms with Gasteiger partial charge >= 0.3 is 0 Å². The molecule has 0 saturated carbocycles. The van der Waals surface area contributed by atoms with E-state index in [0.29, 0.717) is 32.0 Å². The fourth-order valence-electron chi connectivity index (χ4n) is 2.68. The summed E-state index contributed by atoms with van der Waals surface area (Å²) < 4.78 is 19.6. The number of hydrogen-bond acceptors (Lipinski definition) is 4. The molecule has 0 bridgehead atoms. The predicted molar refractivity (Wildman–Crippen MR) is 91.8 cm³/mol. The van der Waals surface area contributed by atoms with Gasteiger partial charge in [0.15, 0.2) is 0 Å². The number of benzene rings is 1. The van der Waals surface area contributed by atoms with E-state index in [-0.39, 0.29) is 23.9 Å². The third-order valence-electron chi connectivity index (χ3n) is 4.84. The normalized spacial score (nSPS) is 18.8. The second kappa shape index (κ2) is 7.94. The summed E-state index contributed by atoms with van der Waals surface area (Å²) in [5, 5.41) is 13.0. The lowest BCUT2D eigenvalue weighted by Crippen LogP contribution is -2.45. The first-order chi connectivity index (χ1) is 11.3. The minimum Gasteiger partial charge on any atom is -0.388 e. The van der Waals surface area contributed by atoms with Crippen molar-refractivity contribution < 1.29 is 19.0 Å². The van der Waals surface area contributed by atoms with Gasteiger partial charge in [0.05, 0.1) is 24.5 Å². The average molecular weight is 338 g/mol. The van der Waals surface area contributed by atoms with Crippen LogP contribution in [0.2, 0.25) is 0 Å². The maximum Gasteiger partial charge on any atom is 0.251 e. The highest BCUT2D eigenvalue weighted by Crippen LogP contribution is 2.22. The van der Waals surface area contributed by atoms with Crippen molar-refractivity contribution in [2.75, 3.05) is 37.7 Å². The monoisotopic (exact) mass is 338 g/mol. The molecule has 0 radical (unpaired) electrons. The van der Waals surface area contributed by atoms with Crippen molar-refractivity contribution in [3.8, 4) is 0 Å². The number of anilines is 1. The molecule has 1 saturated heterocycles. The number of carbonyl (C=O) groups is 1. The zero-order chi connectivity index (χ0) is 17.7. The minimum absolute atomic E-state index is 0.0539. The van der Waals surface area contributed by atoms with Crippen molar-refractivity contribution >= 4 is 11.6 Å². The van der Waals surface area contributed by atoms with Crippen LogP contribution in [0.3, 0.4) is 0 Å². The number of hydrogen-bond donors (Lipinski definition) is 2. The lowest BCUT2D eigenvalue weighted by molar-refractivity contribution is 0.00592. The van der Waals surface area contributed by atoms with Gasteiger partial charge in [-0.25, -0.2) is 4.39 Å². The van der Waals surface area contributed by atoms with E-state index in [0.717, 1.165) is 6.42 Å². The van der Waals surface area contributed by atoms with Crippen molar-refractivity contribution in [3.05, 3.63) is 29.6 Å². The number of carbonyl (C=O) groups excluding carboxylic acids is 1. The molecule has 2 atom stereocenters. The molecule has 0 spiro atoms. The van der Waals surface area contributed by atoms with Gasteiger partial charge in [0, 0.05) is 25.2 Å². The Balaban J connectivity index is 2.01. The molecule has 1 heterocycles. The molecule has 1 aliphatic heterocycles. The van der Waals surface area contributed by atoms with E-state index in [1.807, 2.05) is 18.7 Å². The van der Waals surface area contributed by atoms with Crippen molar-refractivity contribution in [1.29, 1.82) is 0 Å². The second-order valence-electron chi connectivity index (χ2n) is 6.61. The number of rotatable bonds is 6. The third kappa shape index (κ3) is 4.45. The summed E-state index contributed by atoms with van der Waals surface area (Å²) in [4.78, 5) is 14.1. The predicted octanol–water partition coefficient (Wildman–Crippen LogP) is 2.19. The smallest absolute Gasteiger partial charge is 0.251 e. The van der Waals surface area contributed by atoms with Crippen LogP contribution in [-0.2, 0) is 4.74 Å². The van der Waals surface area contributed by atoms with Crippen molar-refractivity contribution in [2.24, 2.45) is 5.92 Å². The summed E-state index contributed by atoms with van der Waals surface area (Å²) in [6, 6.07) is 4.49. The van der Waals surface area contributed by atoms with Crippen LogP contribution in [0.25, 0.3) is 0 Å². The summed E-state index contributed by atoms with van der Waals surface area (Å²) in [6.07, 6.45) is 0.811. The van der Waals surface area contributed by atoms with Crippen LogP contribution in [0.15, 0.2) is 18.2 Å². The topological polar surface area (TPSA) is 61.8 Å². The Kier molecular flexibility index (Phi) is 6.18. The van der Waals surface area contributed by atoms with E-state index in [2.05, 4.69) is 5.32 Å². The maximum atomic E-state index is 14.3. The zero-order valence-corrected chi connectivity index (χ0v) is 14.6. The first-order valence-electron chi connectivity index (χ1n) is 8.48. The molecular formula is C18H27FN2O3. The number of morpholine rings is 1. The van der Waals surface area contributed by atoms with Crippen molar-refractivity contribution in [1.82, 2.24) is 5.32 Å². The highest BCUT2D eigenvalue weighted by Gasteiger charge is 2.27. The third-order valence-corrected chi connectivity index (χ3v) is 4.84. The van der Waals surface area contributed by atoms with Gasteiger partial charge in [-0.2, -0.15) is 0 Å². The minimum atomic E-state index is -0.989. The standard InChI is InChI=1S/C18H27FN2O3/c1-4-13(2)18(3,23)12-20-17(22)14-5-6-16(15(19)11-14)21-7-9-24-10-8-21/h5-6,11,13,23H,4,7-10,12H2,1-3H3,(H,20,22). The van der Waals surface area contributed by atoms with Crippen LogP contribution < -0.4 is 10.2 Å². The molecule has 2 unspecified atom stereocenters. The van der Waals surface area contributed by atoms with Gasteiger partial charge in [-0.05, 0) is 31.0 Å². The fourth-order valence-corrected chi connectivity index (χ4v) is 2.68. The number of amides is 1. The molecule has 1 aromatic carbocycles. The molecule has 1 fully saturated rings. The molecule has 134 valence electrons. The molecule has 6 heteroatoms. The van der Waals surface area contributed by atoms with Crippen molar-refractivity contribution in [3.63, 3.8) is 0 Å². The van der Waals surface area contributed by atoms with E-state index in [1.54, 1.807) is 19.1 Å². The lowest BCUT2D eigenvalue weighted by Gasteiger charge is -2.30. The molecule has 0 aromatic heterocycles. The Labute approximate surface area is 142 Å². The quantitative estimate of drug-likeness (QED) is 0.835. The van der Waals surface area contributed by atoms with E-state index in [4.69, 9.17) is 4.74 Å². The molecule has 1 amide bonds. The van der Waals surface area contributed by atoms with E-state index < -0.39 is 11.4 Å². The van der Waals surface area contributed by atoms with Crippen molar-refractivity contribution in [2.45, 2.75) is 32.8 Å². The van der Waals surface area contributed by atoms with Gasteiger partial charge < -0.3 is 20.1 Å². The SMILES string of the molecule is CCC(C)C(C)(O)CNC(=O)c1ccc(N2CCOCC2)c(F)c1. The number of aliphatic hydroxyl groups is 1. The Morgan fingerprint density at radius 3 is 2.71 bits per heavy atom. The number of halogens is 1. The molecule has 0 aliphatic carbocycles. The largest absolute Gasteiger partial charge is 0.388 e. The first kappa shape index (κ1) is 18.7. The highest BCUT2D eigenvalue weighted by atomic mass is 19.1. The summed E-state index contributed by atoms with van der Waals surface area (Å²) in [7, 11) is 0. The zero-order valence-electron chi connectivity index (χ0n) is 14.6. The van der Waals surface area contributed by atoms with E-state index in [9.17, 15) is 14.3 Å². The van der Waals surface area contributed by atoms with Gasteiger partial charge in [-0.15, -0.1) is 0 Å². The second-order valence-corrected chi connectivity index (χ2v) is 6.61. The Hall–Kier alpha value is -1.66. The van der Waals surface area contributed by atoms with Crippen LogP contribution in [0.1, 0.15) is 37.6 Å². The van der Waals surface area contributed by atoms with Crippen LogP contribution >= 0.6 is 0 Å². The van der Waals surface area contributed by atoms with Gasteiger partial charge in [-0.1, -0.05) is 20.3 Å². The molecule has 5 nitrogen and oxygen atoms in total. The van der Waals surface area contributed by atoms with Gasteiger partial charge in [0.2, 0.25) is 0 Å². The van der Waals surface area contributed by atoms with Gasteiger partial charge in [0.25, 0.3) is 5.91 Å². The number of ether oxygens (including phenoxy) is 1. The number of nitrogens with zero attached hydrogens (tertiary/aromatic N) is 1. The average Bonchev–Trinajstić information content (AvgIpc) is 2.59. The Bertz CT molecular complexity index is 571. The summed E-state index contributed by atoms with van der Waals surface area (Å²) in [5.41, 5.74) is -0.248. The lowest BCUT2D eigenvalue weighted by atomic mass is 9.88. The van der Waals surface area contributed by atoms with Gasteiger partial charge in [0.1, 0.15) is 5.82 Å². The molecule has 2 N–H and O–H groups in total. The highest BCUT2D eigenvalue weighted by molar-refractivity contribution is 5.94. The van der Waals surface area contributed by atoms with Gasteiger partial charge in [-0.3, -0.25) is 4.79 Å². The van der Waals surface area contributed by atoms with E-state index in [1.165, 1.54) is 6.07 Å². The van der Waals surface area contributed by atoms with Crippen LogP contribution in [-0.4, -0.2) is 49.5 Å². The summed E-state index contributed by atoms with van der Waals surface area (Å²) >= 11 is 0. The van der Waals surface area contributed by atoms with Crippen LogP contribution in [0.5, 0.6) is 0 Å². The molecule has 2 rings (SSSR count). The Morgan fingerprint density at radius 2 is 2.12 bits per heavy atom. The molecular weight excluding hydrogens is 311 g/mol. The first-order valence-corrected chi connectivity index (χ1v) is 8.48. The Morgan fingerprint density at radius 1 is 1.46 bits per heavy atom. The van der Waals surface area contributed by atoms with Crippen LogP contribution in [0, 0.1) is 11.7 Å². The molecule has 24 heavy (non-hydrogen) atoms. The number of nitrogens with one attached hydrogen (secondary N) is 1. The summed E-state index contributed by atoms with van der Waals surface area (Å²) in [5.74, 6) is -0.748. The summed E-state index contributed by atoms with van der Waals surface area (Å²) in [6.45, 7) is 8.18. The molecule has 1 aliphatic rings. The maximum absolute atomic E-state index is 14.3. The van der Waals surface area contributed by atoms with E-state index >= 15 is 0 Å².